The Balaban J connectivity index is 1.15. The van der Waals surface area contributed by atoms with Gasteiger partial charge in [0.2, 0.25) is 11.9 Å². The van der Waals surface area contributed by atoms with Crippen LogP contribution in [-0.4, -0.2) is 69.6 Å². The van der Waals surface area contributed by atoms with Crippen LogP contribution in [0, 0.1) is 12.9 Å². The molecule has 1 saturated heterocycles. The maximum absolute atomic E-state index is 13.8. The molecular weight excluding hydrogens is 547 g/mol. The maximum Gasteiger partial charge on any atom is 0.270 e. The van der Waals surface area contributed by atoms with Crippen molar-refractivity contribution in [2.75, 3.05) is 44.6 Å². The zero-order valence-corrected chi connectivity index (χ0v) is 24.1. The van der Waals surface area contributed by atoms with Gasteiger partial charge in [-0.25, -0.2) is 9.97 Å². The number of amides is 1. The topological polar surface area (TPSA) is 109 Å². The number of benzene rings is 2. The summed E-state index contributed by atoms with van der Waals surface area (Å²) in [6.45, 7) is 7.26. The molecule has 0 aliphatic carbocycles. The first-order valence-electron chi connectivity index (χ1n) is 14.2. The fourth-order valence-corrected chi connectivity index (χ4v) is 5.22. The molecule has 43 heavy (non-hydrogen) atoms. The van der Waals surface area contributed by atoms with Crippen molar-refractivity contribution in [2.24, 2.45) is 7.05 Å². The van der Waals surface area contributed by atoms with Crippen LogP contribution in [0.1, 0.15) is 16.1 Å². The number of anilines is 2. The average Bonchev–Trinajstić information content (AvgIpc) is 3.32. The third-order valence-electron chi connectivity index (χ3n) is 7.59. The minimum absolute atomic E-state index is 0.232. The van der Waals surface area contributed by atoms with Gasteiger partial charge in [-0.05, 0) is 53.9 Å². The molecule has 1 aliphatic heterocycles. The van der Waals surface area contributed by atoms with Crippen molar-refractivity contribution >= 4 is 28.6 Å². The Labute approximate surface area is 248 Å². The zero-order valence-electron chi connectivity index (χ0n) is 24.1. The lowest BCUT2D eigenvalue weighted by molar-refractivity contribution is 0.0942. The van der Waals surface area contributed by atoms with Gasteiger partial charge in [0.15, 0.2) is 0 Å². The minimum Gasteiger partial charge on any atom is -0.457 e. The molecule has 0 saturated carbocycles. The molecular formula is C32H33FN8O2. The van der Waals surface area contributed by atoms with E-state index in [1.165, 1.54) is 12.3 Å². The first-order valence-corrected chi connectivity index (χ1v) is 14.2. The summed E-state index contributed by atoms with van der Waals surface area (Å²) >= 11 is 0. The lowest BCUT2D eigenvalue weighted by atomic mass is 10.00. The summed E-state index contributed by atoms with van der Waals surface area (Å²) in [5.74, 6) is 1.00. The number of aryl methyl sites for hydroxylation is 1. The van der Waals surface area contributed by atoms with Crippen LogP contribution in [0.3, 0.4) is 0 Å². The van der Waals surface area contributed by atoms with Gasteiger partial charge in [-0.3, -0.25) is 14.7 Å². The van der Waals surface area contributed by atoms with Gasteiger partial charge < -0.3 is 25.3 Å². The summed E-state index contributed by atoms with van der Waals surface area (Å²) in [5, 5.41) is 9.70. The monoisotopic (exact) mass is 580 g/mol. The first-order chi connectivity index (χ1) is 20.9. The first kappa shape index (κ1) is 28.3. The highest BCUT2D eigenvalue weighted by atomic mass is 19.1. The standard InChI is InChI=1S/C32H33FN8O2/c1-21-25(22-8-10-36-30(33)18-22)4-3-5-26(21)38-32-39-27-19-23(6-7-29(27)40(32)2)43-24-9-11-35-28(20-24)31(42)37-14-17-41-15-12-34-13-16-41/h3-11,18-20,34H,12-17H2,1-2H3,(H,37,42)(H,38,39). The number of hydrogen-bond acceptors (Lipinski definition) is 8. The van der Waals surface area contributed by atoms with Crippen molar-refractivity contribution in [3.63, 3.8) is 0 Å². The van der Waals surface area contributed by atoms with Gasteiger partial charge in [-0.15, -0.1) is 0 Å². The van der Waals surface area contributed by atoms with Crippen LogP contribution < -0.4 is 20.7 Å². The molecule has 1 amide bonds. The van der Waals surface area contributed by atoms with E-state index in [1.807, 2.05) is 54.9 Å². The number of piperazine rings is 1. The van der Waals surface area contributed by atoms with E-state index in [1.54, 1.807) is 24.4 Å². The van der Waals surface area contributed by atoms with Gasteiger partial charge >= 0.3 is 0 Å². The molecule has 6 rings (SSSR count). The number of rotatable bonds is 9. The Morgan fingerprint density at radius 3 is 2.67 bits per heavy atom. The molecule has 3 N–H and O–H groups in total. The molecule has 10 nitrogen and oxygen atoms in total. The van der Waals surface area contributed by atoms with Gasteiger partial charge in [-0.1, -0.05) is 12.1 Å². The summed E-state index contributed by atoms with van der Waals surface area (Å²) in [4.78, 5) is 27.7. The molecule has 0 unspecified atom stereocenters. The predicted molar refractivity (Wildman–Crippen MR) is 164 cm³/mol. The van der Waals surface area contributed by atoms with Crippen LogP contribution in [0.15, 0.2) is 73.1 Å². The average molecular weight is 581 g/mol. The quantitative estimate of drug-likeness (QED) is 0.216. The normalized spacial score (nSPS) is 13.7. The van der Waals surface area contributed by atoms with Gasteiger partial charge in [0.25, 0.3) is 5.91 Å². The third kappa shape index (κ3) is 6.47. The van der Waals surface area contributed by atoms with Crippen molar-refractivity contribution in [1.82, 2.24) is 35.1 Å². The largest absolute Gasteiger partial charge is 0.457 e. The summed E-state index contributed by atoms with van der Waals surface area (Å²) < 4.78 is 21.8. The molecule has 1 fully saturated rings. The predicted octanol–water partition coefficient (Wildman–Crippen LogP) is 4.65. The molecule has 220 valence electrons. The number of imidazole rings is 1. The van der Waals surface area contributed by atoms with E-state index in [2.05, 4.69) is 30.8 Å². The number of fused-ring (bicyclic) bond motifs is 1. The fraction of sp³-hybridized carbons (Fsp3) is 0.250. The van der Waals surface area contributed by atoms with Gasteiger partial charge in [-0.2, -0.15) is 4.39 Å². The number of aromatic nitrogens is 4. The summed E-state index contributed by atoms with van der Waals surface area (Å²) in [6.07, 6.45) is 3.03. The number of carbonyl (C=O) groups is 1. The van der Waals surface area contributed by atoms with Crippen LogP contribution in [0.5, 0.6) is 11.5 Å². The fourth-order valence-electron chi connectivity index (χ4n) is 5.22. The summed E-state index contributed by atoms with van der Waals surface area (Å²) in [6, 6.07) is 18.1. The van der Waals surface area contributed by atoms with Crippen molar-refractivity contribution in [3.05, 3.63) is 90.3 Å². The Morgan fingerprint density at radius 2 is 1.84 bits per heavy atom. The Kier molecular flexibility index (Phi) is 8.25. The summed E-state index contributed by atoms with van der Waals surface area (Å²) in [5.41, 5.74) is 5.45. The van der Waals surface area contributed by atoms with E-state index < -0.39 is 5.95 Å². The Hall–Kier alpha value is -4.87. The number of nitrogens with one attached hydrogen (secondary N) is 3. The van der Waals surface area contributed by atoms with Crippen LogP contribution >= 0.6 is 0 Å². The molecule has 0 bridgehead atoms. The highest BCUT2D eigenvalue weighted by Crippen LogP contribution is 2.32. The second-order valence-electron chi connectivity index (χ2n) is 10.4. The number of hydrogen-bond donors (Lipinski definition) is 3. The van der Waals surface area contributed by atoms with Crippen LogP contribution in [0.4, 0.5) is 16.0 Å². The third-order valence-corrected chi connectivity index (χ3v) is 7.59. The molecule has 11 heteroatoms. The molecule has 2 aromatic carbocycles. The van der Waals surface area contributed by atoms with Gasteiger partial charge in [0.1, 0.15) is 17.2 Å². The van der Waals surface area contributed by atoms with Crippen molar-refractivity contribution in [2.45, 2.75) is 6.92 Å². The molecule has 4 heterocycles. The van der Waals surface area contributed by atoms with Crippen LogP contribution in [0.2, 0.25) is 0 Å². The molecule has 5 aromatic rings. The second-order valence-corrected chi connectivity index (χ2v) is 10.4. The van der Waals surface area contributed by atoms with Crippen LogP contribution in [-0.2, 0) is 7.05 Å². The smallest absolute Gasteiger partial charge is 0.270 e. The number of nitrogens with zero attached hydrogens (tertiary/aromatic N) is 5. The van der Waals surface area contributed by atoms with E-state index >= 15 is 0 Å². The molecule has 0 atom stereocenters. The number of halogens is 1. The van der Waals surface area contributed by atoms with E-state index in [9.17, 15) is 9.18 Å². The Bertz CT molecular complexity index is 1770. The molecule has 3 aromatic heterocycles. The van der Waals surface area contributed by atoms with Crippen molar-refractivity contribution in [1.29, 1.82) is 0 Å². The van der Waals surface area contributed by atoms with E-state index in [-0.39, 0.29) is 5.91 Å². The minimum atomic E-state index is -0.517. The highest BCUT2D eigenvalue weighted by molar-refractivity contribution is 5.92. The van der Waals surface area contributed by atoms with Crippen LogP contribution in [0.25, 0.3) is 22.2 Å². The van der Waals surface area contributed by atoms with E-state index in [4.69, 9.17) is 9.72 Å². The zero-order chi connectivity index (χ0) is 29.8. The molecule has 1 aliphatic rings. The van der Waals surface area contributed by atoms with Gasteiger partial charge in [0, 0.05) is 82.6 Å². The van der Waals surface area contributed by atoms with Crippen molar-refractivity contribution < 1.29 is 13.9 Å². The lowest BCUT2D eigenvalue weighted by Gasteiger charge is -2.27. The lowest BCUT2D eigenvalue weighted by Crippen LogP contribution is -2.46. The molecule has 0 radical (unpaired) electrons. The number of pyridine rings is 2. The number of carbonyl (C=O) groups excluding carboxylic acids is 1. The second kappa shape index (κ2) is 12.6. The van der Waals surface area contributed by atoms with E-state index in [0.29, 0.717) is 29.7 Å². The maximum atomic E-state index is 13.8. The summed E-state index contributed by atoms with van der Waals surface area (Å²) in [7, 11) is 1.94. The van der Waals surface area contributed by atoms with Gasteiger partial charge in [0.05, 0.1) is 11.0 Å². The highest BCUT2D eigenvalue weighted by Gasteiger charge is 2.15. The number of ether oxygens (including phenoxy) is 1. The van der Waals surface area contributed by atoms with Crippen molar-refractivity contribution in [3.8, 4) is 22.6 Å². The Morgan fingerprint density at radius 1 is 1.02 bits per heavy atom. The van der Waals surface area contributed by atoms with E-state index in [0.717, 1.165) is 66.1 Å². The SMILES string of the molecule is Cc1c(Nc2nc3cc(Oc4ccnc(C(=O)NCCN5CCNCC5)c4)ccc3n2C)cccc1-c1ccnc(F)c1. The molecule has 0 spiro atoms.